The lowest BCUT2D eigenvalue weighted by Gasteiger charge is -2.14. The first-order valence-corrected chi connectivity index (χ1v) is 9.46. The second-order valence-electron chi connectivity index (χ2n) is 7.19. The molecule has 0 radical (unpaired) electrons. The summed E-state index contributed by atoms with van der Waals surface area (Å²) in [6.45, 7) is 0. The maximum absolute atomic E-state index is 13.1. The van der Waals surface area contributed by atoms with E-state index in [1.807, 2.05) is 24.3 Å². The van der Waals surface area contributed by atoms with Gasteiger partial charge in [0.25, 0.3) is 0 Å². The molecule has 5 nitrogen and oxygen atoms in total. The number of aromatic nitrogens is 4. The Morgan fingerprint density at radius 1 is 0.967 bits per heavy atom. The van der Waals surface area contributed by atoms with E-state index < -0.39 is 11.9 Å². The van der Waals surface area contributed by atoms with Crippen molar-refractivity contribution in [1.82, 2.24) is 19.7 Å². The first-order chi connectivity index (χ1) is 14.4. The Labute approximate surface area is 169 Å². The Morgan fingerprint density at radius 2 is 1.83 bits per heavy atom. The highest BCUT2D eigenvalue weighted by Crippen LogP contribution is 2.30. The minimum Gasteiger partial charge on any atom is -0.292 e. The van der Waals surface area contributed by atoms with Crippen LogP contribution in [0.2, 0.25) is 0 Å². The SMILES string of the molecule is O=C1CCCc2ccc(-c3ccc4cnn(-c5cccc(C(F)(F)F)n5)c4c3)nc21. The summed E-state index contributed by atoms with van der Waals surface area (Å²) in [6, 6.07) is 13.0. The Balaban J connectivity index is 1.61. The quantitative estimate of drug-likeness (QED) is 0.467. The minimum atomic E-state index is -4.54. The molecule has 0 N–H and O–H groups in total. The van der Waals surface area contributed by atoms with Gasteiger partial charge < -0.3 is 0 Å². The molecule has 1 aromatic carbocycles. The van der Waals surface area contributed by atoms with Crippen LogP contribution in [0, 0.1) is 0 Å². The van der Waals surface area contributed by atoms with Gasteiger partial charge in [-0.2, -0.15) is 18.3 Å². The number of alkyl halides is 3. The summed E-state index contributed by atoms with van der Waals surface area (Å²) in [5.74, 6) is 0.114. The highest BCUT2D eigenvalue weighted by atomic mass is 19.4. The molecule has 0 saturated heterocycles. The van der Waals surface area contributed by atoms with Crippen molar-refractivity contribution in [3.63, 3.8) is 0 Å². The molecule has 0 fully saturated rings. The number of carbonyl (C=O) groups excluding carboxylic acids is 1. The van der Waals surface area contributed by atoms with Crippen molar-refractivity contribution >= 4 is 16.7 Å². The zero-order valence-corrected chi connectivity index (χ0v) is 15.6. The summed E-state index contributed by atoms with van der Waals surface area (Å²) in [5.41, 5.74) is 2.47. The number of halogens is 3. The zero-order valence-electron chi connectivity index (χ0n) is 15.6. The average Bonchev–Trinajstić information content (AvgIpc) is 3.17. The van der Waals surface area contributed by atoms with Crippen LogP contribution in [0.25, 0.3) is 28.0 Å². The summed E-state index contributed by atoms with van der Waals surface area (Å²) in [5, 5.41) is 4.97. The minimum absolute atomic E-state index is 0.0392. The normalized spacial score (nSPS) is 14.2. The number of benzene rings is 1. The Kier molecular flexibility index (Phi) is 4.16. The van der Waals surface area contributed by atoms with Gasteiger partial charge in [-0.25, -0.2) is 14.6 Å². The third kappa shape index (κ3) is 3.14. The Bertz CT molecular complexity index is 1290. The van der Waals surface area contributed by atoms with E-state index in [9.17, 15) is 18.0 Å². The fraction of sp³-hybridized carbons (Fsp3) is 0.182. The molecule has 1 aliphatic rings. The number of hydrogen-bond acceptors (Lipinski definition) is 4. The van der Waals surface area contributed by atoms with Crippen molar-refractivity contribution in [3.05, 3.63) is 71.7 Å². The number of pyridine rings is 2. The second-order valence-corrected chi connectivity index (χ2v) is 7.19. The number of hydrogen-bond donors (Lipinski definition) is 0. The maximum atomic E-state index is 13.1. The lowest BCUT2D eigenvalue weighted by molar-refractivity contribution is -0.141. The highest BCUT2D eigenvalue weighted by molar-refractivity contribution is 5.97. The van der Waals surface area contributed by atoms with Crippen LogP contribution in [0.15, 0.2) is 54.7 Å². The van der Waals surface area contributed by atoms with Crippen molar-refractivity contribution in [2.45, 2.75) is 25.4 Å². The van der Waals surface area contributed by atoms with Crippen LogP contribution in [-0.4, -0.2) is 25.5 Å². The van der Waals surface area contributed by atoms with Crippen LogP contribution >= 0.6 is 0 Å². The lowest BCUT2D eigenvalue weighted by atomic mass is 9.94. The topological polar surface area (TPSA) is 60.7 Å². The molecule has 0 amide bonds. The molecule has 0 atom stereocenters. The number of nitrogens with zero attached hydrogens (tertiary/aromatic N) is 4. The van der Waals surface area contributed by atoms with Crippen LogP contribution in [0.3, 0.4) is 0 Å². The first kappa shape index (κ1) is 18.5. The van der Waals surface area contributed by atoms with Crippen LogP contribution in [0.4, 0.5) is 13.2 Å². The van der Waals surface area contributed by atoms with E-state index in [0.717, 1.165) is 35.4 Å². The van der Waals surface area contributed by atoms with Gasteiger partial charge in [0.1, 0.15) is 11.4 Å². The zero-order chi connectivity index (χ0) is 20.9. The van der Waals surface area contributed by atoms with Crippen molar-refractivity contribution in [2.75, 3.05) is 0 Å². The van der Waals surface area contributed by atoms with Gasteiger partial charge in [-0.1, -0.05) is 24.3 Å². The fourth-order valence-corrected chi connectivity index (χ4v) is 3.71. The Hall–Kier alpha value is -3.55. The van der Waals surface area contributed by atoms with Crippen LogP contribution < -0.4 is 0 Å². The molecule has 0 unspecified atom stereocenters. The number of rotatable bonds is 2. The summed E-state index contributed by atoms with van der Waals surface area (Å²) in [7, 11) is 0. The van der Waals surface area contributed by atoms with Gasteiger partial charge in [-0.15, -0.1) is 0 Å². The van der Waals surface area contributed by atoms with Gasteiger partial charge in [0, 0.05) is 17.4 Å². The summed E-state index contributed by atoms with van der Waals surface area (Å²) < 4.78 is 40.5. The molecule has 1 aliphatic carbocycles. The summed E-state index contributed by atoms with van der Waals surface area (Å²) >= 11 is 0. The van der Waals surface area contributed by atoms with Crippen LogP contribution in [-0.2, 0) is 12.6 Å². The maximum Gasteiger partial charge on any atom is 0.433 e. The molecule has 3 heterocycles. The van der Waals surface area contributed by atoms with Crippen molar-refractivity contribution in [2.24, 2.45) is 0 Å². The molecule has 0 aliphatic heterocycles. The number of fused-ring (bicyclic) bond motifs is 2. The van der Waals surface area contributed by atoms with E-state index >= 15 is 0 Å². The largest absolute Gasteiger partial charge is 0.433 e. The van der Waals surface area contributed by atoms with Gasteiger partial charge in [-0.3, -0.25) is 4.79 Å². The third-order valence-electron chi connectivity index (χ3n) is 5.20. The average molecular weight is 408 g/mol. The monoisotopic (exact) mass is 408 g/mol. The van der Waals surface area contributed by atoms with Gasteiger partial charge in [0.2, 0.25) is 0 Å². The van der Waals surface area contributed by atoms with Crippen molar-refractivity contribution < 1.29 is 18.0 Å². The summed E-state index contributed by atoms with van der Waals surface area (Å²) in [6.07, 6.45) is -0.797. The van der Waals surface area contributed by atoms with Gasteiger partial charge in [-0.05, 0) is 42.7 Å². The molecular weight excluding hydrogens is 393 g/mol. The lowest BCUT2D eigenvalue weighted by Crippen LogP contribution is -2.13. The van der Waals surface area contributed by atoms with Crippen molar-refractivity contribution in [3.8, 4) is 17.1 Å². The highest BCUT2D eigenvalue weighted by Gasteiger charge is 2.32. The number of carbonyl (C=O) groups is 1. The van der Waals surface area contributed by atoms with E-state index in [1.54, 1.807) is 12.3 Å². The molecule has 5 rings (SSSR count). The smallest absolute Gasteiger partial charge is 0.292 e. The molecule has 30 heavy (non-hydrogen) atoms. The van der Waals surface area contributed by atoms with Crippen LogP contribution in [0.5, 0.6) is 0 Å². The molecule has 8 heteroatoms. The molecule has 0 saturated carbocycles. The predicted molar refractivity (Wildman–Crippen MR) is 104 cm³/mol. The van der Waals surface area contributed by atoms with Gasteiger partial charge >= 0.3 is 6.18 Å². The summed E-state index contributed by atoms with van der Waals surface area (Å²) in [4.78, 5) is 20.5. The molecule has 0 spiro atoms. The number of Topliss-reactive ketones (excluding diaryl/α,β-unsaturated/α-hetero) is 1. The standard InChI is InChI=1S/C22H15F3N4O/c23-22(24,25)19-5-2-6-20(28-19)29-17-11-14(7-8-15(17)12-26-29)16-10-9-13-3-1-4-18(30)21(13)27-16/h2,5-12H,1,3-4H2. The Morgan fingerprint density at radius 3 is 2.67 bits per heavy atom. The van der Waals surface area contributed by atoms with E-state index in [0.29, 0.717) is 23.3 Å². The van der Waals surface area contributed by atoms with E-state index in [2.05, 4.69) is 15.1 Å². The van der Waals surface area contributed by atoms with Gasteiger partial charge in [0.05, 0.1) is 17.4 Å². The number of ketones is 1. The second kappa shape index (κ2) is 6.76. The first-order valence-electron chi connectivity index (χ1n) is 9.46. The number of aryl methyl sites for hydroxylation is 1. The molecule has 3 aromatic heterocycles. The molecule has 4 aromatic rings. The molecule has 0 bridgehead atoms. The molecular formula is C22H15F3N4O. The predicted octanol–water partition coefficient (Wildman–Crippen LogP) is 5.02. The van der Waals surface area contributed by atoms with Gasteiger partial charge in [0.15, 0.2) is 11.6 Å². The fourth-order valence-electron chi connectivity index (χ4n) is 3.71. The molecule has 150 valence electrons. The third-order valence-corrected chi connectivity index (χ3v) is 5.20. The van der Waals surface area contributed by atoms with Crippen LogP contribution in [0.1, 0.15) is 34.6 Å². The van der Waals surface area contributed by atoms with E-state index in [1.165, 1.54) is 16.8 Å². The van der Waals surface area contributed by atoms with E-state index in [-0.39, 0.29) is 11.6 Å². The van der Waals surface area contributed by atoms with E-state index in [4.69, 9.17) is 0 Å². The van der Waals surface area contributed by atoms with Crippen molar-refractivity contribution in [1.29, 1.82) is 0 Å².